The van der Waals surface area contributed by atoms with Gasteiger partial charge in [-0.25, -0.2) is 0 Å². The molecule has 1 saturated carbocycles. The molecule has 0 saturated heterocycles. The summed E-state index contributed by atoms with van der Waals surface area (Å²) in [6, 6.07) is 0.380. The number of hydrogen-bond donors (Lipinski definition) is 1. The van der Waals surface area contributed by atoms with Crippen LogP contribution < -0.4 is 5.73 Å². The Morgan fingerprint density at radius 2 is 2.36 bits per heavy atom. The minimum atomic E-state index is 0.380. The molecule has 1 fully saturated rings. The second-order valence-electron chi connectivity index (χ2n) is 4.34. The summed E-state index contributed by atoms with van der Waals surface area (Å²) in [6.07, 6.45) is 6.54. The van der Waals surface area contributed by atoms with Crippen molar-refractivity contribution in [3.05, 3.63) is 18.0 Å². The number of aromatic nitrogens is 2. The molecule has 3 unspecified atom stereocenters. The molecule has 3 atom stereocenters. The molecule has 0 spiro atoms. The number of nitrogens with two attached hydrogens (primary N) is 1. The summed E-state index contributed by atoms with van der Waals surface area (Å²) in [4.78, 5) is 0. The molecule has 0 aliphatic heterocycles. The first-order chi connectivity index (χ1) is 6.72. The maximum absolute atomic E-state index is 6.02. The average molecular weight is 193 g/mol. The standard InChI is InChI=1S/C11H19N3/c1-3-14-7-9(6-13-14)10-4-5-11(12)8(10)2/h6-8,10-11H,3-5,12H2,1-2H3. The molecule has 0 aromatic carbocycles. The maximum Gasteiger partial charge on any atom is 0.0524 e. The van der Waals surface area contributed by atoms with Crippen LogP contribution in [0.3, 0.4) is 0 Å². The third kappa shape index (κ3) is 1.57. The van der Waals surface area contributed by atoms with E-state index in [2.05, 4.69) is 25.1 Å². The van der Waals surface area contributed by atoms with Gasteiger partial charge in [0.1, 0.15) is 0 Å². The lowest BCUT2D eigenvalue weighted by Gasteiger charge is -2.16. The third-order valence-corrected chi connectivity index (χ3v) is 3.53. The molecular formula is C11H19N3. The highest BCUT2D eigenvalue weighted by molar-refractivity contribution is 5.15. The summed E-state index contributed by atoms with van der Waals surface area (Å²) in [5, 5.41) is 4.31. The number of rotatable bonds is 2. The van der Waals surface area contributed by atoms with Crippen molar-refractivity contribution in [2.75, 3.05) is 0 Å². The van der Waals surface area contributed by atoms with Crippen molar-refractivity contribution in [2.45, 2.75) is 45.2 Å². The largest absolute Gasteiger partial charge is 0.327 e. The summed E-state index contributed by atoms with van der Waals surface area (Å²) in [7, 11) is 0. The van der Waals surface area contributed by atoms with E-state index in [0.717, 1.165) is 13.0 Å². The van der Waals surface area contributed by atoms with Crippen molar-refractivity contribution in [3.63, 3.8) is 0 Å². The van der Waals surface area contributed by atoms with E-state index in [1.165, 1.54) is 12.0 Å². The van der Waals surface area contributed by atoms with E-state index in [0.29, 0.717) is 17.9 Å². The molecule has 0 radical (unpaired) electrons. The van der Waals surface area contributed by atoms with Gasteiger partial charge in [0, 0.05) is 18.8 Å². The molecule has 2 rings (SSSR count). The second-order valence-corrected chi connectivity index (χ2v) is 4.34. The maximum atomic E-state index is 6.02. The van der Waals surface area contributed by atoms with Crippen LogP contribution in [0.15, 0.2) is 12.4 Å². The zero-order valence-electron chi connectivity index (χ0n) is 8.98. The summed E-state index contributed by atoms with van der Waals surface area (Å²) < 4.78 is 1.99. The van der Waals surface area contributed by atoms with Gasteiger partial charge in [-0.2, -0.15) is 5.10 Å². The van der Waals surface area contributed by atoms with Gasteiger partial charge in [-0.05, 0) is 37.2 Å². The molecule has 0 bridgehead atoms. The highest BCUT2D eigenvalue weighted by Gasteiger charge is 2.31. The van der Waals surface area contributed by atoms with E-state index in [1.807, 2.05) is 10.9 Å². The van der Waals surface area contributed by atoms with Crippen molar-refractivity contribution in [2.24, 2.45) is 11.7 Å². The fourth-order valence-electron chi connectivity index (χ4n) is 2.41. The van der Waals surface area contributed by atoms with Crippen molar-refractivity contribution in [1.82, 2.24) is 9.78 Å². The Morgan fingerprint density at radius 1 is 1.57 bits per heavy atom. The van der Waals surface area contributed by atoms with Gasteiger partial charge in [-0.15, -0.1) is 0 Å². The predicted molar refractivity (Wildman–Crippen MR) is 57.0 cm³/mol. The molecule has 1 aromatic rings. The van der Waals surface area contributed by atoms with Gasteiger partial charge in [0.05, 0.1) is 6.20 Å². The summed E-state index contributed by atoms with van der Waals surface area (Å²) >= 11 is 0. The highest BCUT2D eigenvalue weighted by Crippen LogP contribution is 2.38. The van der Waals surface area contributed by atoms with Gasteiger partial charge in [-0.3, -0.25) is 4.68 Å². The van der Waals surface area contributed by atoms with Crippen molar-refractivity contribution >= 4 is 0 Å². The molecule has 78 valence electrons. The van der Waals surface area contributed by atoms with Crippen LogP contribution in [0.4, 0.5) is 0 Å². The molecule has 14 heavy (non-hydrogen) atoms. The first-order valence-corrected chi connectivity index (χ1v) is 5.50. The lowest BCUT2D eigenvalue weighted by molar-refractivity contribution is 0.479. The molecule has 3 heteroatoms. The summed E-state index contributed by atoms with van der Waals surface area (Å²) in [6.45, 7) is 5.32. The molecule has 1 heterocycles. The minimum absolute atomic E-state index is 0.380. The van der Waals surface area contributed by atoms with Gasteiger partial charge in [-0.1, -0.05) is 6.92 Å². The van der Waals surface area contributed by atoms with Gasteiger partial charge < -0.3 is 5.73 Å². The Kier molecular flexibility index (Phi) is 2.59. The Morgan fingerprint density at radius 3 is 2.86 bits per heavy atom. The average Bonchev–Trinajstić information content (AvgIpc) is 2.75. The highest BCUT2D eigenvalue weighted by atomic mass is 15.3. The fraction of sp³-hybridized carbons (Fsp3) is 0.727. The summed E-state index contributed by atoms with van der Waals surface area (Å²) in [5.74, 6) is 1.23. The van der Waals surface area contributed by atoms with Crippen LogP contribution in [0.1, 0.15) is 38.2 Å². The normalized spacial score (nSPS) is 32.4. The smallest absolute Gasteiger partial charge is 0.0524 e. The van der Waals surface area contributed by atoms with E-state index in [4.69, 9.17) is 5.73 Å². The van der Waals surface area contributed by atoms with Crippen LogP contribution in [0.2, 0.25) is 0 Å². The van der Waals surface area contributed by atoms with Crippen LogP contribution in [0.5, 0.6) is 0 Å². The van der Waals surface area contributed by atoms with E-state index in [1.54, 1.807) is 0 Å². The van der Waals surface area contributed by atoms with E-state index in [-0.39, 0.29) is 0 Å². The van der Waals surface area contributed by atoms with Crippen LogP contribution in [-0.4, -0.2) is 15.8 Å². The number of aryl methyl sites for hydroxylation is 1. The Hall–Kier alpha value is -0.830. The fourth-order valence-corrected chi connectivity index (χ4v) is 2.41. The molecule has 0 amide bonds. The quantitative estimate of drug-likeness (QED) is 0.777. The molecule has 2 N–H and O–H groups in total. The van der Waals surface area contributed by atoms with Crippen molar-refractivity contribution in [1.29, 1.82) is 0 Å². The lowest BCUT2D eigenvalue weighted by atomic mass is 9.91. The van der Waals surface area contributed by atoms with Crippen LogP contribution in [0, 0.1) is 5.92 Å². The van der Waals surface area contributed by atoms with Crippen LogP contribution in [0.25, 0.3) is 0 Å². The van der Waals surface area contributed by atoms with Crippen LogP contribution in [-0.2, 0) is 6.54 Å². The molecular weight excluding hydrogens is 174 g/mol. The van der Waals surface area contributed by atoms with Gasteiger partial charge in [0.15, 0.2) is 0 Å². The molecule has 1 aliphatic rings. The third-order valence-electron chi connectivity index (χ3n) is 3.53. The van der Waals surface area contributed by atoms with E-state index in [9.17, 15) is 0 Å². The Labute approximate surface area is 85.3 Å². The second kappa shape index (κ2) is 3.73. The number of nitrogens with zero attached hydrogens (tertiary/aromatic N) is 2. The zero-order valence-corrected chi connectivity index (χ0v) is 8.98. The van der Waals surface area contributed by atoms with Gasteiger partial charge >= 0.3 is 0 Å². The van der Waals surface area contributed by atoms with E-state index >= 15 is 0 Å². The van der Waals surface area contributed by atoms with Crippen molar-refractivity contribution in [3.8, 4) is 0 Å². The molecule has 1 aliphatic carbocycles. The molecule has 3 nitrogen and oxygen atoms in total. The SMILES string of the molecule is CCn1cc(C2CCC(N)C2C)cn1. The number of hydrogen-bond acceptors (Lipinski definition) is 2. The topological polar surface area (TPSA) is 43.8 Å². The predicted octanol–water partition coefficient (Wildman–Crippen LogP) is 1.74. The minimum Gasteiger partial charge on any atom is -0.327 e. The lowest BCUT2D eigenvalue weighted by Crippen LogP contribution is -2.24. The van der Waals surface area contributed by atoms with Gasteiger partial charge in [0.2, 0.25) is 0 Å². The van der Waals surface area contributed by atoms with E-state index < -0.39 is 0 Å². The zero-order chi connectivity index (χ0) is 10.1. The van der Waals surface area contributed by atoms with Crippen molar-refractivity contribution < 1.29 is 0 Å². The van der Waals surface area contributed by atoms with Crippen LogP contribution >= 0.6 is 0 Å². The van der Waals surface area contributed by atoms with Gasteiger partial charge in [0.25, 0.3) is 0 Å². The monoisotopic (exact) mass is 193 g/mol. The first-order valence-electron chi connectivity index (χ1n) is 5.50. The molecule has 1 aromatic heterocycles. The Balaban J connectivity index is 2.15. The Bertz CT molecular complexity index is 305. The first kappa shape index (κ1) is 9.71. The summed E-state index contributed by atoms with van der Waals surface area (Å²) in [5.41, 5.74) is 7.39.